The molecule has 25 heavy (non-hydrogen) atoms. The summed E-state index contributed by atoms with van der Waals surface area (Å²) in [6.45, 7) is 1.73. The lowest BCUT2D eigenvalue weighted by Gasteiger charge is -2.11. The molecule has 2 rings (SSSR count). The molecule has 0 saturated heterocycles. The first-order valence-electron chi connectivity index (χ1n) is 7.55. The highest BCUT2D eigenvalue weighted by molar-refractivity contribution is 5.95. The molecule has 0 heterocycles. The van der Waals surface area contributed by atoms with Crippen molar-refractivity contribution in [3.05, 3.63) is 69.8 Å². The standard InChI is InChI=1S/C17H17N3O5/c1-2-12-5-3-4-6-15(12)25-11-16(21)18-19-17(22)13-7-9-14(10-8-13)20(23)24/h3-10H,2,11H2,1H3,(H,18,21)(H,19,22). The largest absolute Gasteiger partial charge is 0.483 e. The molecule has 8 heteroatoms. The highest BCUT2D eigenvalue weighted by Crippen LogP contribution is 2.17. The Morgan fingerprint density at radius 3 is 2.40 bits per heavy atom. The van der Waals surface area contributed by atoms with Crippen LogP contribution in [0.4, 0.5) is 5.69 Å². The average molecular weight is 343 g/mol. The molecule has 0 spiro atoms. The van der Waals surface area contributed by atoms with Gasteiger partial charge >= 0.3 is 0 Å². The molecule has 0 radical (unpaired) electrons. The van der Waals surface area contributed by atoms with Crippen LogP contribution in [-0.2, 0) is 11.2 Å². The molecule has 130 valence electrons. The average Bonchev–Trinajstić information content (AvgIpc) is 2.64. The predicted octanol–water partition coefficient (Wildman–Crippen LogP) is 2.00. The number of benzene rings is 2. The number of ether oxygens (including phenoxy) is 1. The zero-order valence-corrected chi connectivity index (χ0v) is 13.5. The maximum absolute atomic E-state index is 11.9. The summed E-state index contributed by atoms with van der Waals surface area (Å²) >= 11 is 0. The Labute approximate surface area is 143 Å². The van der Waals surface area contributed by atoms with E-state index in [0.717, 1.165) is 12.0 Å². The molecule has 0 aliphatic heterocycles. The van der Waals surface area contributed by atoms with Gasteiger partial charge in [0.15, 0.2) is 6.61 Å². The zero-order chi connectivity index (χ0) is 18.2. The third-order valence-corrected chi connectivity index (χ3v) is 3.37. The van der Waals surface area contributed by atoms with Crippen molar-refractivity contribution in [1.82, 2.24) is 10.9 Å². The second-order valence-corrected chi connectivity index (χ2v) is 5.06. The second-order valence-electron chi connectivity index (χ2n) is 5.06. The lowest BCUT2D eigenvalue weighted by molar-refractivity contribution is -0.384. The Balaban J connectivity index is 1.83. The Bertz CT molecular complexity index is 774. The highest BCUT2D eigenvalue weighted by atomic mass is 16.6. The zero-order valence-electron chi connectivity index (χ0n) is 13.5. The highest BCUT2D eigenvalue weighted by Gasteiger charge is 2.11. The number of carbonyl (C=O) groups excluding carboxylic acids is 2. The van der Waals surface area contributed by atoms with Crippen LogP contribution in [0.25, 0.3) is 0 Å². The molecule has 2 N–H and O–H groups in total. The Morgan fingerprint density at radius 2 is 1.76 bits per heavy atom. The van der Waals surface area contributed by atoms with Gasteiger partial charge in [0, 0.05) is 17.7 Å². The van der Waals surface area contributed by atoms with E-state index < -0.39 is 16.7 Å². The molecule has 8 nitrogen and oxygen atoms in total. The van der Waals surface area contributed by atoms with Gasteiger partial charge < -0.3 is 4.74 Å². The first-order valence-corrected chi connectivity index (χ1v) is 7.55. The Morgan fingerprint density at radius 1 is 1.08 bits per heavy atom. The Kier molecular flexibility index (Phi) is 6.05. The molecule has 0 atom stereocenters. The molecule has 0 bridgehead atoms. The number of para-hydroxylation sites is 1. The van der Waals surface area contributed by atoms with E-state index in [4.69, 9.17) is 4.74 Å². The van der Waals surface area contributed by atoms with Crippen molar-refractivity contribution in [2.24, 2.45) is 0 Å². The predicted molar refractivity (Wildman–Crippen MR) is 90.0 cm³/mol. The molecule has 0 unspecified atom stereocenters. The molecule has 2 aromatic carbocycles. The molecule has 0 aliphatic carbocycles. The molecule has 0 fully saturated rings. The number of nitrogens with one attached hydrogen (secondary N) is 2. The van der Waals surface area contributed by atoms with Crippen LogP contribution in [-0.4, -0.2) is 23.3 Å². The van der Waals surface area contributed by atoms with Gasteiger partial charge in [0.2, 0.25) is 0 Å². The number of carbonyl (C=O) groups is 2. The van der Waals surface area contributed by atoms with E-state index in [1.807, 2.05) is 25.1 Å². The fourth-order valence-electron chi connectivity index (χ4n) is 2.05. The van der Waals surface area contributed by atoms with E-state index in [1.54, 1.807) is 6.07 Å². The van der Waals surface area contributed by atoms with Gasteiger partial charge in [-0.15, -0.1) is 0 Å². The molecular weight excluding hydrogens is 326 g/mol. The molecule has 2 amide bonds. The van der Waals surface area contributed by atoms with Crippen LogP contribution < -0.4 is 15.6 Å². The van der Waals surface area contributed by atoms with Crippen molar-refractivity contribution in [2.75, 3.05) is 6.61 Å². The van der Waals surface area contributed by atoms with Crippen LogP contribution in [0.5, 0.6) is 5.75 Å². The molecule has 2 aromatic rings. The van der Waals surface area contributed by atoms with E-state index in [-0.39, 0.29) is 17.9 Å². The summed E-state index contributed by atoms with van der Waals surface area (Å²) in [5.41, 5.74) is 5.49. The quantitative estimate of drug-likeness (QED) is 0.615. The molecule has 0 aliphatic rings. The van der Waals surface area contributed by atoms with Crippen molar-refractivity contribution in [1.29, 1.82) is 0 Å². The van der Waals surface area contributed by atoms with Crippen molar-refractivity contribution in [3.63, 3.8) is 0 Å². The van der Waals surface area contributed by atoms with Crippen LogP contribution in [0.3, 0.4) is 0 Å². The van der Waals surface area contributed by atoms with Crippen molar-refractivity contribution >= 4 is 17.5 Å². The smallest absolute Gasteiger partial charge is 0.276 e. The van der Waals surface area contributed by atoms with E-state index in [2.05, 4.69) is 10.9 Å². The van der Waals surface area contributed by atoms with Gasteiger partial charge in [-0.05, 0) is 30.2 Å². The van der Waals surface area contributed by atoms with Gasteiger partial charge in [-0.3, -0.25) is 30.6 Å². The van der Waals surface area contributed by atoms with E-state index in [0.29, 0.717) is 5.75 Å². The minimum atomic E-state index is -0.586. The number of non-ortho nitro benzene ring substituents is 1. The number of hydrogen-bond donors (Lipinski definition) is 2. The minimum Gasteiger partial charge on any atom is -0.483 e. The molecule has 0 saturated carbocycles. The van der Waals surface area contributed by atoms with Crippen LogP contribution in [0.2, 0.25) is 0 Å². The van der Waals surface area contributed by atoms with E-state index >= 15 is 0 Å². The third kappa shape index (κ3) is 5.03. The van der Waals surface area contributed by atoms with Crippen LogP contribution in [0, 0.1) is 10.1 Å². The number of aryl methyl sites for hydroxylation is 1. The fourth-order valence-corrected chi connectivity index (χ4v) is 2.05. The number of nitro benzene ring substituents is 1. The van der Waals surface area contributed by atoms with Gasteiger partial charge in [-0.25, -0.2) is 0 Å². The number of amides is 2. The topological polar surface area (TPSA) is 111 Å². The van der Waals surface area contributed by atoms with E-state index in [9.17, 15) is 19.7 Å². The number of nitro groups is 1. The van der Waals surface area contributed by atoms with Crippen LogP contribution in [0.15, 0.2) is 48.5 Å². The Hall–Kier alpha value is -3.42. The summed E-state index contributed by atoms with van der Waals surface area (Å²) in [4.78, 5) is 33.6. The summed E-state index contributed by atoms with van der Waals surface area (Å²) in [6, 6.07) is 12.4. The summed E-state index contributed by atoms with van der Waals surface area (Å²) in [5, 5.41) is 10.6. The summed E-state index contributed by atoms with van der Waals surface area (Å²) in [5.74, 6) is -0.500. The van der Waals surface area contributed by atoms with Crippen molar-refractivity contribution < 1.29 is 19.2 Å². The summed E-state index contributed by atoms with van der Waals surface area (Å²) < 4.78 is 5.43. The first-order chi connectivity index (χ1) is 12.0. The van der Waals surface area contributed by atoms with Gasteiger partial charge in [-0.1, -0.05) is 25.1 Å². The first kappa shape index (κ1) is 17.9. The normalized spacial score (nSPS) is 9.96. The minimum absolute atomic E-state index is 0.122. The lowest BCUT2D eigenvalue weighted by atomic mass is 10.1. The summed E-state index contributed by atoms with van der Waals surface area (Å²) in [6.07, 6.45) is 0.772. The molecular formula is C17H17N3O5. The van der Waals surface area contributed by atoms with Crippen molar-refractivity contribution in [2.45, 2.75) is 13.3 Å². The third-order valence-electron chi connectivity index (χ3n) is 3.37. The maximum Gasteiger partial charge on any atom is 0.276 e. The number of rotatable bonds is 6. The monoisotopic (exact) mass is 343 g/mol. The van der Waals surface area contributed by atoms with E-state index in [1.165, 1.54) is 24.3 Å². The summed E-state index contributed by atoms with van der Waals surface area (Å²) in [7, 11) is 0. The van der Waals surface area contributed by atoms with Crippen molar-refractivity contribution in [3.8, 4) is 5.75 Å². The van der Waals surface area contributed by atoms with Gasteiger partial charge in [0.1, 0.15) is 5.75 Å². The van der Waals surface area contributed by atoms with Gasteiger partial charge in [-0.2, -0.15) is 0 Å². The SMILES string of the molecule is CCc1ccccc1OCC(=O)NNC(=O)c1ccc([N+](=O)[O-])cc1. The second kappa shape index (κ2) is 8.44. The van der Waals surface area contributed by atoms with Gasteiger partial charge in [0.05, 0.1) is 4.92 Å². The van der Waals surface area contributed by atoms with Crippen LogP contribution in [0.1, 0.15) is 22.8 Å². The number of hydrazine groups is 1. The molecule has 0 aromatic heterocycles. The number of nitrogens with zero attached hydrogens (tertiary/aromatic N) is 1. The maximum atomic E-state index is 11.9. The van der Waals surface area contributed by atoms with Gasteiger partial charge in [0.25, 0.3) is 17.5 Å². The lowest BCUT2D eigenvalue weighted by Crippen LogP contribution is -2.43. The number of hydrogen-bond acceptors (Lipinski definition) is 5. The van der Waals surface area contributed by atoms with Crippen LogP contribution >= 0.6 is 0 Å². The fraction of sp³-hybridized carbons (Fsp3) is 0.176.